The summed E-state index contributed by atoms with van der Waals surface area (Å²) in [6.45, 7) is 4.48. The van der Waals surface area contributed by atoms with E-state index in [1.807, 2.05) is 74.5 Å². The van der Waals surface area contributed by atoms with E-state index in [0.29, 0.717) is 13.0 Å². The Morgan fingerprint density at radius 2 is 1.37 bits per heavy atom. The van der Waals surface area contributed by atoms with Gasteiger partial charge < -0.3 is 4.74 Å². The summed E-state index contributed by atoms with van der Waals surface area (Å²) in [5, 5.41) is 0. The molecule has 0 saturated heterocycles. The van der Waals surface area contributed by atoms with Gasteiger partial charge in [-0.2, -0.15) is 8.42 Å². The van der Waals surface area contributed by atoms with Crippen LogP contribution < -0.4 is 4.74 Å². The van der Waals surface area contributed by atoms with Gasteiger partial charge in [0.2, 0.25) is 0 Å². The highest BCUT2D eigenvalue weighted by molar-refractivity contribution is 7.86. The predicted molar refractivity (Wildman–Crippen MR) is 139 cm³/mol. The van der Waals surface area contributed by atoms with Crippen LogP contribution in [0, 0.1) is 13.8 Å². The molecule has 180 valence electrons. The fourth-order valence-corrected chi connectivity index (χ4v) is 4.96. The molecular formula is C30H30O4S. The molecule has 0 fully saturated rings. The van der Waals surface area contributed by atoms with Crippen molar-refractivity contribution >= 4 is 10.1 Å². The van der Waals surface area contributed by atoms with Gasteiger partial charge in [-0.3, -0.25) is 4.18 Å². The molecule has 0 aliphatic heterocycles. The van der Waals surface area contributed by atoms with Crippen LogP contribution >= 0.6 is 0 Å². The van der Waals surface area contributed by atoms with Crippen LogP contribution in [0.25, 0.3) is 0 Å². The lowest BCUT2D eigenvalue weighted by atomic mass is 9.87. The maximum atomic E-state index is 12.7. The summed E-state index contributed by atoms with van der Waals surface area (Å²) in [6.07, 6.45) is 0.486. The molecule has 0 aliphatic rings. The Morgan fingerprint density at radius 3 is 2.06 bits per heavy atom. The molecule has 0 aliphatic carbocycles. The molecule has 0 heterocycles. The molecule has 4 nitrogen and oxygen atoms in total. The first-order chi connectivity index (χ1) is 16.9. The molecule has 4 aromatic rings. The summed E-state index contributed by atoms with van der Waals surface area (Å²) in [7, 11) is -3.83. The molecule has 0 spiro atoms. The molecule has 0 saturated carbocycles. The van der Waals surface area contributed by atoms with Crippen molar-refractivity contribution in [3.8, 4) is 5.75 Å². The lowest BCUT2D eigenvalue weighted by Crippen LogP contribution is -2.12. The highest BCUT2D eigenvalue weighted by Gasteiger charge is 2.22. The molecule has 0 N–H and O–H groups in total. The Balaban J connectivity index is 1.57. The zero-order valence-electron chi connectivity index (χ0n) is 20.1. The zero-order chi connectivity index (χ0) is 24.7. The van der Waals surface area contributed by atoms with E-state index in [1.165, 1.54) is 0 Å². The zero-order valence-corrected chi connectivity index (χ0v) is 20.9. The van der Waals surface area contributed by atoms with Crippen LogP contribution in [0.1, 0.15) is 40.2 Å². The molecule has 0 aromatic heterocycles. The first-order valence-electron chi connectivity index (χ1n) is 11.7. The Kier molecular flexibility index (Phi) is 8.01. The second kappa shape index (κ2) is 11.3. The number of rotatable bonds is 10. The third kappa shape index (κ3) is 6.59. The van der Waals surface area contributed by atoms with E-state index in [-0.39, 0.29) is 17.4 Å². The molecule has 0 bridgehead atoms. The fraction of sp³-hybridized carbons (Fsp3) is 0.200. The SMILES string of the molecule is Cc1ccc(S(=O)(=O)OCCC(c2ccccc2)c2cc(C)ccc2OCc2ccccc2)cc1. The highest BCUT2D eigenvalue weighted by Crippen LogP contribution is 2.36. The number of benzene rings is 4. The van der Waals surface area contributed by atoms with Gasteiger partial charge in [-0.1, -0.05) is 96.1 Å². The lowest BCUT2D eigenvalue weighted by molar-refractivity contribution is 0.292. The van der Waals surface area contributed by atoms with E-state index in [9.17, 15) is 8.42 Å². The van der Waals surface area contributed by atoms with E-state index in [4.69, 9.17) is 8.92 Å². The lowest BCUT2D eigenvalue weighted by Gasteiger charge is -2.22. The molecular weight excluding hydrogens is 456 g/mol. The molecule has 35 heavy (non-hydrogen) atoms. The second-order valence-corrected chi connectivity index (χ2v) is 10.3. The topological polar surface area (TPSA) is 52.6 Å². The number of hydrogen-bond acceptors (Lipinski definition) is 4. The summed E-state index contributed by atoms with van der Waals surface area (Å²) in [4.78, 5) is 0.168. The average Bonchev–Trinajstić information content (AvgIpc) is 2.87. The van der Waals surface area contributed by atoms with Crippen molar-refractivity contribution in [1.29, 1.82) is 0 Å². The normalized spacial score (nSPS) is 12.3. The summed E-state index contributed by atoms with van der Waals surface area (Å²) in [5.74, 6) is 0.699. The van der Waals surface area contributed by atoms with Crippen molar-refractivity contribution in [3.63, 3.8) is 0 Å². The molecule has 0 radical (unpaired) electrons. The van der Waals surface area contributed by atoms with Gasteiger partial charge in [0.05, 0.1) is 11.5 Å². The smallest absolute Gasteiger partial charge is 0.296 e. The Bertz CT molecular complexity index is 1330. The van der Waals surface area contributed by atoms with E-state index < -0.39 is 10.1 Å². The van der Waals surface area contributed by atoms with Gasteiger partial charge in [0.15, 0.2) is 0 Å². The Labute approximate surface area is 208 Å². The second-order valence-electron chi connectivity index (χ2n) is 8.66. The average molecular weight is 487 g/mol. The summed E-state index contributed by atoms with van der Waals surface area (Å²) >= 11 is 0. The van der Waals surface area contributed by atoms with Crippen molar-refractivity contribution in [2.75, 3.05) is 6.61 Å². The van der Waals surface area contributed by atoms with Crippen molar-refractivity contribution in [1.82, 2.24) is 0 Å². The van der Waals surface area contributed by atoms with Crippen molar-refractivity contribution < 1.29 is 17.3 Å². The maximum absolute atomic E-state index is 12.7. The minimum Gasteiger partial charge on any atom is -0.489 e. The molecule has 0 amide bonds. The molecule has 4 rings (SSSR count). The molecule has 4 aromatic carbocycles. The summed E-state index contributed by atoms with van der Waals surface area (Å²) in [6, 6.07) is 33.0. The quantitative estimate of drug-likeness (QED) is 0.231. The van der Waals surface area contributed by atoms with Crippen molar-refractivity contribution in [2.24, 2.45) is 0 Å². The summed E-state index contributed by atoms with van der Waals surface area (Å²) < 4.78 is 37.2. The monoisotopic (exact) mass is 486 g/mol. The standard InChI is InChI=1S/C30H30O4S/c1-23-13-16-27(17-14-23)35(31,32)34-20-19-28(26-11-7-4-8-12-26)29-21-24(2)15-18-30(29)33-22-25-9-5-3-6-10-25/h3-18,21,28H,19-20,22H2,1-2H3. The van der Waals surface area contributed by atoms with Gasteiger partial charge in [0.1, 0.15) is 12.4 Å². The highest BCUT2D eigenvalue weighted by atomic mass is 32.2. The van der Waals surface area contributed by atoms with Crippen molar-refractivity contribution in [3.05, 3.63) is 131 Å². The Hall–Kier alpha value is -3.41. The fourth-order valence-electron chi connectivity index (χ4n) is 4.04. The summed E-state index contributed by atoms with van der Waals surface area (Å²) in [5.41, 5.74) is 5.29. The van der Waals surface area contributed by atoms with E-state index in [0.717, 1.165) is 33.6 Å². The molecule has 1 atom stereocenters. The van der Waals surface area contributed by atoms with Crippen LogP contribution in [-0.2, 0) is 20.9 Å². The van der Waals surface area contributed by atoms with Crippen LogP contribution in [0.4, 0.5) is 0 Å². The first kappa shape index (κ1) is 24.7. The number of aryl methyl sites for hydroxylation is 2. The van der Waals surface area contributed by atoms with E-state index >= 15 is 0 Å². The number of ether oxygens (including phenoxy) is 1. The van der Waals surface area contributed by atoms with Gasteiger partial charge in [0, 0.05) is 11.5 Å². The van der Waals surface area contributed by atoms with Gasteiger partial charge in [-0.15, -0.1) is 0 Å². The van der Waals surface area contributed by atoms with Gasteiger partial charge >= 0.3 is 0 Å². The van der Waals surface area contributed by atoms with Crippen LogP contribution in [0.15, 0.2) is 108 Å². The third-order valence-electron chi connectivity index (χ3n) is 5.93. The minimum atomic E-state index is -3.83. The first-order valence-corrected chi connectivity index (χ1v) is 13.1. The molecule has 1 unspecified atom stereocenters. The molecule has 5 heteroatoms. The van der Waals surface area contributed by atoms with Gasteiger partial charge in [-0.25, -0.2) is 0 Å². The number of hydrogen-bond donors (Lipinski definition) is 0. The van der Waals surface area contributed by atoms with Crippen LogP contribution in [-0.4, -0.2) is 15.0 Å². The van der Waals surface area contributed by atoms with Gasteiger partial charge in [-0.05, 0) is 49.6 Å². The van der Waals surface area contributed by atoms with Crippen LogP contribution in [0.3, 0.4) is 0 Å². The van der Waals surface area contributed by atoms with Crippen LogP contribution in [0.5, 0.6) is 5.75 Å². The van der Waals surface area contributed by atoms with E-state index in [1.54, 1.807) is 24.3 Å². The third-order valence-corrected chi connectivity index (χ3v) is 7.26. The minimum absolute atomic E-state index is 0.0574. The Morgan fingerprint density at radius 1 is 0.743 bits per heavy atom. The van der Waals surface area contributed by atoms with E-state index in [2.05, 4.69) is 18.2 Å². The predicted octanol–water partition coefficient (Wildman–Crippen LogP) is 6.81. The van der Waals surface area contributed by atoms with Crippen LogP contribution in [0.2, 0.25) is 0 Å². The largest absolute Gasteiger partial charge is 0.489 e. The van der Waals surface area contributed by atoms with Gasteiger partial charge in [0.25, 0.3) is 10.1 Å². The maximum Gasteiger partial charge on any atom is 0.296 e. The van der Waals surface area contributed by atoms with Crippen molar-refractivity contribution in [2.45, 2.75) is 37.7 Å².